The molecule has 0 radical (unpaired) electrons. The van der Waals surface area contributed by atoms with E-state index in [0.717, 1.165) is 41.1 Å². The summed E-state index contributed by atoms with van der Waals surface area (Å²) in [5.41, 5.74) is 1.11. The summed E-state index contributed by atoms with van der Waals surface area (Å²) in [6.45, 7) is 3.02. The average molecular weight is 319 g/mol. The zero-order chi connectivity index (χ0) is 12.3. The number of halogens is 2. The van der Waals surface area contributed by atoms with E-state index in [4.69, 9.17) is 16.3 Å². The molecule has 0 spiro atoms. The van der Waals surface area contributed by atoms with Gasteiger partial charge in [-0.15, -0.1) is 0 Å². The average Bonchev–Trinajstić information content (AvgIpc) is 2.33. The number of nitrogens with one attached hydrogen (secondary N) is 1. The van der Waals surface area contributed by atoms with Crippen LogP contribution in [0.2, 0.25) is 5.02 Å². The van der Waals surface area contributed by atoms with Gasteiger partial charge in [-0.25, -0.2) is 0 Å². The number of hydrogen-bond donors (Lipinski definition) is 1. The molecule has 1 saturated heterocycles. The Hall–Kier alpha value is -0.250. The normalized spacial score (nSPS) is 24.6. The van der Waals surface area contributed by atoms with Crippen molar-refractivity contribution in [3.05, 3.63) is 27.7 Å². The zero-order valence-electron chi connectivity index (χ0n) is 9.88. The van der Waals surface area contributed by atoms with E-state index in [1.54, 1.807) is 0 Å². The van der Waals surface area contributed by atoms with Gasteiger partial charge in [-0.05, 0) is 53.4 Å². The fourth-order valence-electron chi connectivity index (χ4n) is 2.12. The molecule has 2 unspecified atom stereocenters. The monoisotopic (exact) mass is 317 g/mol. The van der Waals surface area contributed by atoms with E-state index < -0.39 is 0 Å². The van der Waals surface area contributed by atoms with Gasteiger partial charge in [-0.1, -0.05) is 18.5 Å². The first-order valence-corrected chi connectivity index (χ1v) is 7.19. The molecule has 0 bridgehead atoms. The van der Waals surface area contributed by atoms with Crippen molar-refractivity contribution in [3.63, 3.8) is 0 Å². The van der Waals surface area contributed by atoms with Gasteiger partial charge in [0.2, 0.25) is 0 Å². The third kappa shape index (κ3) is 3.60. The molecule has 1 fully saturated rings. The fourth-order valence-corrected chi connectivity index (χ4v) is 2.92. The number of rotatable bonds is 3. The van der Waals surface area contributed by atoms with Crippen LogP contribution in [0.4, 0.5) is 5.69 Å². The van der Waals surface area contributed by atoms with Gasteiger partial charge in [0.25, 0.3) is 0 Å². The van der Waals surface area contributed by atoms with Crippen molar-refractivity contribution in [2.24, 2.45) is 0 Å². The second kappa shape index (κ2) is 6.07. The summed E-state index contributed by atoms with van der Waals surface area (Å²) in [6, 6.07) is 6.33. The Labute approximate surface area is 116 Å². The van der Waals surface area contributed by atoms with Crippen molar-refractivity contribution in [1.82, 2.24) is 0 Å². The van der Waals surface area contributed by atoms with Crippen LogP contribution in [0.25, 0.3) is 0 Å². The second-order valence-electron chi connectivity index (χ2n) is 4.39. The van der Waals surface area contributed by atoms with Crippen LogP contribution in [0.3, 0.4) is 0 Å². The molecule has 4 heteroatoms. The molecular formula is C13H17BrClNO. The van der Waals surface area contributed by atoms with Crippen LogP contribution in [0, 0.1) is 0 Å². The van der Waals surface area contributed by atoms with Gasteiger partial charge in [0.15, 0.2) is 0 Å². The predicted octanol–water partition coefficient (Wildman–Crippen LogP) is 4.47. The second-order valence-corrected chi connectivity index (χ2v) is 5.68. The summed E-state index contributed by atoms with van der Waals surface area (Å²) in [7, 11) is 0. The standard InChI is InChI=1S/C13H17BrClNO/c1-2-11-8-10(5-6-17-11)16-13-4-3-9(15)7-12(13)14/h3-4,7,10-11,16H,2,5-6,8H2,1H3. The number of ether oxygens (including phenoxy) is 1. The van der Waals surface area contributed by atoms with Crippen molar-refractivity contribution in [2.45, 2.75) is 38.3 Å². The van der Waals surface area contributed by atoms with Gasteiger partial charge in [0.1, 0.15) is 0 Å². The minimum absolute atomic E-state index is 0.396. The topological polar surface area (TPSA) is 21.3 Å². The first-order valence-electron chi connectivity index (χ1n) is 6.02. The molecule has 1 aromatic carbocycles. The van der Waals surface area contributed by atoms with Crippen molar-refractivity contribution in [3.8, 4) is 0 Å². The van der Waals surface area contributed by atoms with Crippen molar-refractivity contribution >= 4 is 33.2 Å². The van der Waals surface area contributed by atoms with Crippen LogP contribution < -0.4 is 5.32 Å². The van der Waals surface area contributed by atoms with Crippen molar-refractivity contribution in [1.29, 1.82) is 0 Å². The Bertz CT molecular complexity index is 386. The lowest BCUT2D eigenvalue weighted by Gasteiger charge is -2.30. The van der Waals surface area contributed by atoms with Gasteiger partial charge in [-0.2, -0.15) is 0 Å². The molecule has 1 aliphatic rings. The first-order chi connectivity index (χ1) is 8.19. The summed E-state index contributed by atoms with van der Waals surface area (Å²) < 4.78 is 6.69. The summed E-state index contributed by atoms with van der Waals surface area (Å²) in [4.78, 5) is 0. The van der Waals surface area contributed by atoms with Crippen molar-refractivity contribution < 1.29 is 4.74 Å². The van der Waals surface area contributed by atoms with Gasteiger partial charge in [-0.3, -0.25) is 0 Å². The van der Waals surface area contributed by atoms with E-state index >= 15 is 0 Å². The van der Waals surface area contributed by atoms with Crippen LogP contribution in [0.15, 0.2) is 22.7 Å². The summed E-state index contributed by atoms with van der Waals surface area (Å²) in [5, 5.41) is 4.31. The van der Waals surface area contributed by atoms with Crippen LogP contribution in [0.1, 0.15) is 26.2 Å². The maximum atomic E-state index is 5.93. The van der Waals surface area contributed by atoms with E-state index in [1.807, 2.05) is 18.2 Å². The Morgan fingerprint density at radius 3 is 3.06 bits per heavy atom. The van der Waals surface area contributed by atoms with E-state index in [1.165, 1.54) is 0 Å². The molecule has 0 amide bonds. The lowest BCUT2D eigenvalue weighted by Crippen LogP contribution is -2.33. The van der Waals surface area contributed by atoms with Gasteiger partial charge >= 0.3 is 0 Å². The van der Waals surface area contributed by atoms with E-state index in [2.05, 4.69) is 28.2 Å². The molecule has 94 valence electrons. The highest BCUT2D eigenvalue weighted by molar-refractivity contribution is 9.10. The third-order valence-corrected chi connectivity index (χ3v) is 4.00. The summed E-state index contributed by atoms with van der Waals surface area (Å²) in [5.74, 6) is 0. The van der Waals surface area contributed by atoms with E-state index in [0.29, 0.717) is 12.1 Å². The maximum absolute atomic E-state index is 5.93. The highest BCUT2D eigenvalue weighted by Gasteiger charge is 2.21. The highest BCUT2D eigenvalue weighted by atomic mass is 79.9. The predicted molar refractivity (Wildman–Crippen MR) is 75.8 cm³/mol. The smallest absolute Gasteiger partial charge is 0.0592 e. The number of hydrogen-bond acceptors (Lipinski definition) is 2. The molecule has 0 aliphatic carbocycles. The molecule has 1 heterocycles. The molecule has 17 heavy (non-hydrogen) atoms. The van der Waals surface area contributed by atoms with E-state index in [-0.39, 0.29) is 0 Å². The molecule has 0 saturated carbocycles. The Morgan fingerprint density at radius 1 is 1.53 bits per heavy atom. The van der Waals surface area contributed by atoms with Crippen LogP contribution in [0.5, 0.6) is 0 Å². The Kier molecular flexibility index (Phi) is 4.71. The minimum atomic E-state index is 0.396. The van der Waals surface area contributed by atoms with Gasteiger partial charge in [0.05, 0.1) is 6.10 Å². The molecule has 2 atom stereocenters. The largest absolute Gasteiger partial charge is 0.381 e. The van der Waals surface area contributed by atoms with Crippen molar-refractivity contribution in [2.75, 3.05) is 11.9 Å². The molecule has 1 aliphatic heterocycles. The SMILES string of the molecule is CCC1CC(Nc2ccc(Cl)cc2Br)CCO1. The van der Waals surface area contributed by atoms with Gasteiger partial charge in [0, 0.05) is 27.8 Å². The number of anilines is 1. The maximum Gasteiger partial charge on any atom is 0.0592 e. The Morgan fingerprint density at radius 2 is 2.35 bits per heavy atom. The Balaban J connectivity index is 2.00. The molecule has 1 N–H and O–H groups in total. The molecule has 1 aromatic rings. The summed E-state index contributed by atoms with van der Waals surface area (Å²) in [6.07, 6.45) is 3.62. The summed E-state index contributed by atoms with van der Waals surface area (Å²) >= 11 is 9.46. The van der Waals surface area contributed by atoms with E-state index in [9.17, 15) is 0 Å². The lowest BCUT2D eigenvalue weighted by atomic mass is 10.0. The molecule has 0 aromatic heterocycles. The quantitative estimate of drug-likeness (QED) is 0.887. The van der Waals surface area contributed by atoms with Gasteiger partial charge < -0.3 is 10.1 Å². The lowest BCUT2D eigenvalue weighted by molar-refractivity contribution is 0.00925. The molecular weight excluding hydrogens is 302 g/mol. The van der Waals surface area contributed by atoms with Crippen LogP contribution >= 0.6 is 27.5 Å². The molecule has 2 nitrogen and oxygen atoms in total. The van der Waals surface area contributed by atoms with Crippen LogP contribution in [-0.2, 0) is 4.74 Å². The number of benzene rings is 1. The minimum Gasteiger partial charge on any atom is -0.381 e. The van der Waals surface area contributed by atoms with Crippen LogP contribution in [-0.4, -0.2) is 18.8 Å². The molecule has 2 rings (SSSR count). The fraction of sp³-hybridized carbons (Fsp3) is 0.538. The highest BCUT2D eigenvalue weighted by Crippen LogP contribution is 2.28. The zero-order valence-corrected chi connectivity index (χ0v) is 12.2. The third-order valence-electron chi connectivity index (χ3n) is 3.11. The first kappa shape index (κ1) is 13.2.